The van der Waals surface area contributed by atoms with Crippen LogP contribution >= 0.6 is 11.3 Å². The fourth-order valence-corrected chi connectivity index (χ4v) is 4.24. The molecule has 0 amide bonds. The second-order valence-corrected chi connectivity index (χ2v) is 7.96. The fraction of sp³-hybridized carbons (Fsp3) is 0.250. The summed E-state index contributed by atoms with van der Waals surface area (Å²) in [5.74, 6) is 0.816. The minimum atomic E-state index is -0.222. The first-order valence-electron chi connectivity index (χ1n) is 9.41. The summed E-state index contributed by atoms with van der Waals surface area (Å²) in [6.45, 7) is 3.98. The van der Waals surface area contributed by atoms with Crippen LogP contribution in [0.5, 0.6) is 0 Å². The lowest BCUT2D eigenvalue weighted by Crippen LogP contribution is -2.46. The number of benzene rings is 1. The summed E-state index contributed by atoms with van der Waals surface area (Å²) < 4.78 is 14.5. The van der Waals surface area contributed by atoms with Crippen LogP contribution in [0.25, 0.3) is 16.5 Å². The van der Waals surface area contributed by atoms with Crippen LogP contribution in [-0.2, 0) is 6.54 Å². The van der Waals surface area contributed by atoms with E-state index in [4.69, 9.17) is 0 Å². The molecule has 9 heteroatoms. The van der Waals surface area contributed by atoms with Gasteiger partial charge in [-0.1, -0.05) is 6.07 Å². The second-order valence-electron chi connectivity index (χ2n) is 7.01. The zero-order chi connectivity index (χ0) is 19.8. The van der Waals surface area contributed by atoms with Gasteiger partial charge < -0.3 is 4.90 Å². The molecule has 3 aromatic heterocycles. The van der Waals surface area contributed by atoms with Crippen molar-refractivity contribution in [2.75, 3.05) is 31.1 Å². The van der Waals surface area contributed by atoms with Gasteiger partial charge in [-0.15, -0.1) is 11.3 Å². The summed E-state index contributed by atoms with van der Waals surface area (Å²) in [7, 11) is 0. The van der Waals surface area contributed by atoms with Crippen molar-refractivity contribution in [2.45, 2.75) is 6.54 Å². The Morgan fingerprint density at radius 1 is 1.07 bits per heavy atom. The highest BCUT2D eigenvalue weighted by molar-refractivity contribution is 7.13. The number of hydrogen-bond acceptors (Lipinski definition) is 6. The van der Waals surface area contributed by atoms with Gasteiger partial charge in [0.25, 0.3) is 11.3 Å². The van der Waals surface area contributed by atoms with Gasteiger partial charge in [0.2, 0.25) is 0 Å². The van der Waals surface area contributed by atoms with Gasteiger partial charge in [-0.05, 0) is 35.7 Å². The van der Waals surface area contributed by atoms with Gasteiger partial charge >= 0.3 is 0 Å². The Labute approximate surface area is 170 Å². The minimum absolute atomic E-state index is 0.162. The number of nitrogens with one attached hydrogen (secondary N) is 1. The van der Waals surface area contributed by atoms with E-state index in [0.717, 1.165) is 42.4 Å². The van der Waals surface area contributed by atoms with Crippen LogP contribution in [0.4, 0.5) is 10.1 Å². The summed E-state index contributed by atoms with van der Waals surface area (Å²) in [4.78, 5) is 27.0. The Kier molecular flexibility index (Phi) is 4.61. The van der Waals surface area contributed by atoms with E-state index in [2.05, 4.69) is 24.9 Å². The molecule has 4 heterocycles. The van der Waals surface area contributed by atoms with Crippen LogP contribution < -0.4 is 10.5 Å². The maximum Gasteiger partial charge on any atom is 0.274 e. The number of hydrogen-bond donors (Lipinski definition) is 1. The molecule has 0 spiro atoms. The van der Waals surface area contributed by atoms with Gasteiger partial charge in [0.05, 0.1) is 10.6 Å². The molecule has 0 atom stereocenters. The predicted molar refractivity (Wildman–Crippen MR) is 111 cm³/mol. The number of piperazine rings is 1. The van der Waals surface area contributed by atoms with Crippen molar-refractivity contribution < 1.29 is 4.39 Å². The number of thiophene rings is 1. The van der Waals surface area contributed by atoms with E-state index in [-0.39, 0.29) is 11.4 Å². The van der Waals surface area contributed by atoms with Crippen LogP contribution in [0.3, 0.4) is 0 Å². The van der Waals surface area contributed by atoms with Gasteiger partial charge in [-0.2, -0.15) is 9.50 Å². The molecule has 0 unspecified atom stereocenters. The van der Waals surface area contributed by atoms with Crippen LogP contribution in [0.15, 0.2) is 52.6 Å². The third-order valence-corrected chi connectivity index (χ3v) is 5.96. The highest BCUT2D eigenvalue weighted by Gasteiger charge is 2.19. The molecule has 29 heavy (non-hydrogen) atoms. The molecule has 1 aromatic carbocycles. The Hall–Kier alpha value is -3.04. The molecular formula is C20H19FN6OS. The number of fused-ring (bicyclic) bond motifs is 1. The summed E-state index contributed by atoms with van der Waals surface area (Å²) in [6.07, 6.45) is 0. The molecule has 0 saturated carbocycles. The molecule has 0 bridgehead atoms. The smallest absolute Gasteiger partial charge is 0.274 e. The molecular weight excluding hydrogens is 391 g/mol. The molecule has 1 N–H and O–H groups in total. The van der Waals surface area contributed by atoms with E-state index < -0.39 is 0 Å². The zero-order valence-electron chi connectivity index (χ0n) is 15.6. The topological polar surface area (TPSA) is 69.5 Å². The number of halogens is 1. The number of aromatic amines is 1. The summed E-state index contributed by atoms with van der Waals surface area (Å²) >= 11 is 1.56. The third kappa shape index (κ3) is 3.66. The third-order valence-electron chi connectivity index (χ3n) is 5.09. The first-order chi connectivity index (χ1) is 14.2. The Balaban J connectivity index is 1.29. The molecule has 1 aliphatic heterocycles. The van der Waals surface area contributed by atoms with Crippen molar-refractivity contribution in [2.24, 2.45) is 0 Å². The second kappa shape index (κ2) is 7.41. The first kappa shape index (κ1) is 18.0. The molecule has 4 aromatic rings. The molecule has 148 valence electrons. The minimum Gasteiger partial charge on any atom is -0.369 e. The molecule has 1 aliphatic rings. The molecule has 5 rings (SSSR count). The van der Waals surface area contributed by atoms with Crippen molar-refractivity contribution >= 4 is 22.8 Å². The van der Waals surface area contributed by atoms with Gasteiger partial charge in [0.15, 0.2) is 5.82 Å². The Morgan fingerprint density at radius 2 is 1.86 bits per heavy atom. The SMILES string of the molecule is O=c1cc(CN2CCN(c3ccc(F)cc3)CC2)nc2nc(-c3cccs3)[nH]n12. The van der Waals surface area contributed by atoms with Crippen LogP contribution in [0, 0.1) is 5.82 Å². The van der Waals surface area contributed by atoms with Crippen molar-refractivity contribution in [3.8, 4) is 10.7 Å². The average molecular weight is 410 g/mol. The van der Waals surface area contributed by atoms with E-state index in [0.29, 0.717) is 18.1 Å². The predicted octanol–water partition coefficient (Wildman–Crippen LogP) is 2.61. The summed E-state index contributed by atoms with van der Waals surface area (Å²) in [6, 6.07) is 12.1. The number of nitrogens with zero attached hydrogens (tertiary/aromatic N) is 5. The highest BCUT2D eigenvalue weighted by Crippen LogP contribution is 2.21. The van der Waals surface area contributed by atoms with Gasteiger partial charge in [0.1, 0.15) is 5.82 Å². The molecule has 0 aliphatic carbocycles. The van der Waals surface area contributed by atoms with Crippen molar-refractivity contribution in [3.05, 3.63) is 69.7 Å². The number of anilines is 1. The van der Waals surface area contributed by atoms with Gasteiger partial charge in [-0.3, -0.25) is 14.8 Å². The fourth-order valence-electron chi connectivity index (χ4n) is 3.58. The quantitative estimate of drug-likeness (QED) is 0.560. The van der Waals surface area contributed by atoms with Crippen molar-refractivity contribution in [1.82, 2.24) is 24.5 Å². The lowest BCUT2D eigenvalue weighted by Gasteiger charge is -2.35. The van der Waals surface area contributed by atoms with Crippen molar-refractivity contribution in [3.63, 3.8) is 0 Å². The molecule has 0 radical (unpaired) electrons. The largest absolute Gasteiger partial charge is 0.369 e. The average Bonchev–Trinajstić information content (AvgIpc) is 3.39. The van der Waals surface area contributed by atoms with Crippen LogP contribution in [0.1, 0.15) is 5.69 Å². The summed E-state index contributed by atoms with van der Waals surface area (Å²) in [5, 5.41) is 4.99. The summed E-state index contributed by atoms with van der Waals surface area (Å²) in [5.41, 5.74) is 1.58. The first-order valence-corrected chi connectivity index (χ1v) is 10.3. The lowest BCUT2D eigenvalue weighted by molar-refractivity contribution is 0.247. The van der Waals surface area contributed by atoms with E-state index >= 15 is 0 Å². The van der Waals surface area contributed by atoms with Crippen molar-refractivity contribution in [1.29, 1.82) is 0 Å². The van der Waals surface area contributed by atoms with E-state index in [1.54, 1.807) is 17.4 Å². The standard InChI is InChI=1S/C20H19FN6OS/c21-14-3-5-16(6-4-14)26-9-7-25(8-10-26)13-15-12-18(28)27-20(22-15)23-19(24-27)17-2-1-11-29-17/h1-6,11-12H,7-10,13H2,(H,22,23,24). The Morgan fingerprint density at radius 3 is 2.59 bits per heavy atom. The monoisotopic (exact) mass is 410 g/mol. The normalized spacial score (nSPS) is 15.3. The maximum atomic E-state index is 13.1. The lowest BCUT2D eigenvalue weighted by atomic mass is 10.2. The zero-order valence-corrected chi connectivity index (χ0v) is 16.4. The Bertz CT molecular complexity index is 1180. The van der Waals surface area contributed by atoms with E-state index in [9.17, 15) is 9.18 Å². The highest BCUT2D eigenvalue weighted by atomic mass is 32.1. The van der Waals surface area contributed by atoms with Crippen LogP contribution in [-0.4, -0.2) is 50.7 Å². The van der Waals surface area contributed by atoms with E-state index in [1.807, 2.05) is 29.6 Å². The maximum absolute atomic E-state index is 13.1. The molecule has 7 nitrogen and oxygen atoms in total. The number of aromatic nitrogens is 4. The van der Waals surface area contributed by atoms with Gasteiger partial charge in [-0.25, -0.2) is 9.37 Å². The van der Waals surface area contributed by atoms with Gasteiger partial charge in [0, 0.05) is 44.5 Å². The van der Waals surface area contributed by atoms with E-state index in [1.165, 1.54) is 16.6 Å². The van der Waals surface area contributed by atoms with Crippen LogP contribution in [0.2, 0.25) is 0 Å². The number of H-pyrrole nitrogens is 1. The number of rotatable bonds is 4. The molecule has 1 fully saturated rings. The molecule has 1 saturated heterocycles.